The molecular weight excluding hydrogens is 673 g/mol. The van der Waals surface area contributed by atoms with E-state index in [2.05, 4.69) is 0 Å². The molecule has 0 aliphatic heterocycles. The Balaban J connectivity index is -0.000000538. The third kappa shape index (κ3) is 75.4. The second kappa shape index (κ2) is 53.5. The standard InChI is InChI=1S/7C6H12.3C2H4O2/c7*1-2-4-6-5-3-1;3*1-2(3)4/h7*1-6H2;3*1H3,(H,3,4). The molecule has 6 nitrogen and oxygen atoms in total. The predicted octanol–water partition coefficient (Wildman–Crippen LogP) is 16.7. The van der Waals surface area contributed by atoms with Gasteiger partial charge >= 0.3 is 0 Å². The molecule has 7 aliphatic rings. The number of carbonyl (C=O) groups is 3. The Labute approximate surface area is 337 Å². The minimum Gasteiger partial charge on any atom is -0.481 e. The molecule has 0 aromatic rings. The summed E-state index contributed by atoms with van der Waals surface area (Å²) < 4.78 is 0. The predicted molar refractivity (Wildman–Crippen MR) is 234 cm³/mol. The second-order valence-electron chi connectivity index (χ2n) is 16.4. The zero-order valence-electron chi connectivity index (χ0n) is 36.8. The summed E-state index contributed by atoms with van der Waals surface area (Å²) in [4.78, 5) is 27.0. The number of aliphatic carboxylic acids is 3. The van der Waals surface area contributed by atoms with E-state index in [0.717, 1.165) is 20.8 Å². The molecule has 0 bridgehead atoms. The Bertz CT molecular complexity index is 457. The lowest BCUT2D eigenvalue weighted by atomic mass is 10.0. The first-order valence-electron chi connectivity index (χ1n) is 23.8. The molecule has 324 valence electrons. The van der Waals surface area contributed by atoms with Crippen LogP contribution < -0.4 is 0 Å². The van der Waals surface area contributed by atoms with E-state index < -0.39 is 17.9 Å². The molecule has 0 aromatic carbocycles. The van der Waals surface area contributed by atoms with Gasteiger partial charge in [0.05, 0.1) is 0 Å². The maximum Gasteiger partial charge on any atom is 0.300 e. The van der Waals surface area contributed by atoms with Crippen LogP contribution in [0.25, 0.3) is 0 Å². The summed E-state index contributed by atoms with van der Waals surface area (Å²) in [5.74, 6) is -2.50. The van der Waals surface area contributed by atoms with E-state index in [1.807, 2.05) is 0 Å². The van der Waals surface area contributed by atoms with Crippen LogP contribution in [-0.2, 0) is 14.4 Å². The van der Waals surface area contributed by atoms with Crippen molar-refractivity contribution in [1.82, 2.24) is 0 Å². The van der Waals surface area contributed by atoms with Gasteiger partial charge in [-0.1, -0.05) is 270 Å². The lowest BCUT2D eigenvalue weighted by Crippen LogP contribution is -1.85. The Kier molecular flexibility index (Phi) is 56.2. The smallest absolute Gasteiger partial charge is 0.300 e. The van der Waals surface area contributed by atoms with Gasteiger partial charge in [-0.25, -0.2) is 0 Å². The molecule has 0 spiro atoms. The van der Waals surface area contributed by atoms with Crippen molar-refractivity contribution in [3.63, 3.8) is 0 Å². The summed E-state index contributed by atoms with van der Waals surface area (Å²) in [6.45, 7) is 3.25. The third-order valence-electron chi connectivity index (χ3n) is 10.5. The topological polar surface area (TPSA) is 112 Å². The molecule has 0 amide bonds. The number of hydrogen-bond donors (Lipinski definition) is 3. The first-order valence-corrected chi connectivity index (χ1v) is 23.8. The van der Waals surface area contributed by atoms with Crippen LogP contribution in [0.2, 0.25) is 0 Å². The van der Waals surface area contributed by atoms with E-state index in [1.54, 1.807) is 0 Å². The first kappa shape index (κ1) is 56.7. The summed E-state index contributed by atoms with van der Waals surface area (Å²) in [7, 11) is 0. The minimum absolute atomic E-state index is 0.833. The van der Waals surface area contributed by atoms with Gasteiger partial charge in [-0.3, -0.25) is 14.4 Å². The van der Waals surface area contributed by atoms with Crippen molar-refractivity contribution < 1.29 is 29.7 Å². The molecule has 6 heteroatoms. The van der Waals surface area contributed by atoms with E-state index >= 15 is 0 Å². The SMILES string of the molecule is C1CCCCC1.C1CCCCC1.C1CCCCC1.C1CCCCC1.C1CCCCC1.C1CCCCC1.C1CCCCC1.CC(=O)O.CC(=O)O.CC(=O)O. The van der Waals surface area contributed by atoms with Crippen molar-refractivity contribution in [3.8, 4) is 0 Å². The maximum absolute atomic E-state index is 9.00. The molecule has 0 radical (unpaired) electrons. The van der Waals surface area contributed by atoms with Gasteiger partial charge in [0.1, 0.15) is 0 Å². The second-order valence-corrected chi connectivity index (χ2v) is 16.4. The van der Waals surface area contributed by atoms with Crippen LogP contribution in [0.15, 0.2) is 0 Å². The zero-order valence-corrected chi connectivity index (χ0v) is 36.8. The molecule has 0 heterocycles. The summed E-state index contributed by atoms with van der Waals surface area (Å²) >= 11 is 0. The largest absolute Gasteiger partial charge is 0.481 e. The van der Waals surface area contributed by atoms with Crippen molar-refractivity contribution in [1.29, 1.82) is 0 Å². The zero-order chi connectivity index (χ0) is 40.4. The lowest BCUT2D eigenvalue weighted by molar-refractivity contribution is -0.135. The highest BCUT2D eigenvalue weighted by Crippen LogP contribution is 2.18. The molecule has 3 N–H and O–H groups in total. The Hall–Kier alpha value is -1.59. The molecule has 0 unspecified atom stereocenters. The van der Waals surface area contributed by atoms with Crippen molar-refractivity contribution in [2.45, 2.75) is 290 Å². The van der Waals surface area contributed by atoms with Gasteiger partial charge in [-0.15, -0.1) is 0 Å². The lowest BCUT2D eigenvalue weighted by Gasteiger charge is -2.05. The van der Waals surface area contributed by atoms with E-state index in [9.17, 15) is 0 Å². The van der Waals surface area contributed by atoms with Crippen LogP contribution in [-0.4, -0.2) is 33.2 Å². The Morgan fingerprint density at radius 1 is 0.185 bits per heavy atom. The molecule has 54 heavy (non-hydrogen) atoms. The highest BCUT2D eigenvalue weighted by molar-refractivity contribution is 5.63. The van der Waals surface area contributed by atoms with Gasteiger partial charge in [-0.2, -0.15) is 0 Å². The summed E-state index contributed by atoms with van der Waals surface area (Å²) in [6.07, 6.45) is 63.0. The Morgan fingerprint density at radius 3 is 0.222 bits per heavy atom. The third-order valence-corrected chi connectivity index (χ3v) is 10.5. The van der Waals surface area contributed by atoms with E-state index in [1.165, 1.54) is 270 Å². The number of carboxylic acid groups (broad SMARTS) is 3. The van der Waals surface area contributed by atoms with E-state index in [4.69, 9.17) is 29.7 Å². The fourth-order valence-corrected chi connectivity index (χ4v) is 7.42. The average Bonchev–Trinajstić information content (AvgIpc) is 3.23. The van der Waals surface area contributed by atoms with Crippen molar-refractivity contribution >= 4 is 17.9 Å². The number of hydrogen-bond acceptors (Lipinski definition) is 3. The summed E-state index contributed by atoms with van der Waals surface area (Å²) in [5.41, 5.74) is 0. The molecule has 7 saturated carbocycles. The number of rotatable bonds is 0. The highest BCUT2D eigenvalue weighted by Gasteiger charge is 1.99. The quantitative estimate of drug-likeness (QED) is 0.226. The highest BCUT2D eigenvalue weighted by atomic mass is 16.4. The van der Waals surface area contributed by atoms with E-state index in [-0.39, 0.29) is 0 Å². The molecule has 7 aliphatic carbocycles. The van der Waals surface area contributed by atoms with E-state index in [0.29, 0.717) is 0 Å². The average molecular weight is 769 g/mol. The molecular formula is C48H96O6. The van der Waals surface area contributed by atoms with Crippen LogP contribution in [0, 0.1) is 0 Å². The van der Waals surface area contributed by atoms with Crippen molar-refractivity contribution in [3.05, 3.63) is 0 Å². The Morgan fingerprint density at radius 2 is 0.204 bits per heavy atom. The number of carboxylic acids is 3. The van der Waals surface area contributed by atoms with Crippen molar-refractivity contribution in [2.75, 3.05) is 0 Å². The van der Waals surface area contributed by atoms with Crippen LogP contribution in [0.4, 0.5) is 0 Å². The fraction of sp³-hybridized carbons (Fsp3) is 0.938. The first-order chi connectivity index (χ1) is 26.2. The fourth-order valence-electron chi connectivity index (χ4n) is 7.42. The van der Waals surface area contributed by atoms with Crippen LogP contribution in [0.5, 0.6) is 0 Å². The van der Waals surface area contributed by atoms with Gasteiger partial charge in [0.25, 0.3) is 17.9 Å². The minimum atomic E-state index is -0.833. The summed E-state index contributed by atoms with van der Waals surface area (Å²) in [6, 6.07) is 0. The molecule has 0 atom stereocenters. The molecule has 7 rings (SSSR count). The van der Waals surface area contributed by atoms with Crippen LogP contribution in [0.3, 0.4) is 0 Å². The normalized spacial score (nSPS) is 20.1. The molecule has 7 fully saturated rings. The van der Waals surface area contributed by atoms with Gasteiger partial charge in [0.2, 0.25) is 0 Å². The van der Waals surface area contributed by atoms with Gasteiger partial charge in [0, 0.05) is 20.8 Å². The van der Waals surface area contributed by atoms with Gasteiger partial charge in [0.15, 0.2) is 0 Å². The monoisotopic (exact) mass is 769 g/mol. The van der Waals surface area contributed by atoms with Crippen LogP contribution >= 0.6 is 0 Å². The van der Waals surface area contributed by atoms with Crippen LogP contribution in [0.1, 0.15) is 290 Å². The van der Waals surface area contributed by atoms with Gasteiger partial charge < -0.3 is 15.3 Å². The maximum atomic E-state index is 9.00. The van der Waals surface area contributed by atoms with Crippen molar-refractivity contribution in [2.24, 2.45) is 0 Å². The summed E-state index contributed by atoms with van der Waals surface area (Å²) in [5, 5.41) is 22.2. The molecule has 0 aromatic heterocycles. The molecule has 0 saturated heterocycles. The van der Waals surface area contributed by atoms with Gasteiger partial charge in [-0.05, 0) is 0 Å².